The Hall–Kier alpha value is -0.0800. The Morgan fingerprint density at radius 3 is 2.00 bits per heavy atom. The van der Waals surface area contributed by atoms with Crippen LogP contribution in [0.1, 0.15) is 20.8 Å². The van der Waals surface area contributed by atoms with E-state index in [2.05, 4.69) is 6.92 Å². The molecule has 1 unspecified atom stereocenters. The van der Waals surface area contributed by atoms with Crippen molar-refractivity contribution in [3.63, 3.8) is 0 Å². The zero-order valence-corrected chi connectivity index (χ0v) is 6.46. The largest absolute Gasteiger partial charge is 0.378 e. The van der Waals surface area contributed by atoms with Gasteiger partial charge < -0.3 is 5.11 Å². The second-order valence-corrected chi connectivity index (χ2v) is 2.40. The van der Waals surface area contributed by atoms with Crippen molar-refractivity contribution >= 4 is 0 Å². The van der Waals surface area contributed by atoms with Gasteiger partial charge in [-0.3, -0.25) is 4.90 Å². The van der Waals surface area contributed by atoms with Gasteiger partial charge in [0.15, 0.2) is 0 Å². The van der Waals surface area contributed by atoms with E-state index in [9.17, 15) is 0 Å². The molecule has 9 heavy (non-hydrogen) atoms. The topological polar surface area (TPSA) is 23.5 Å². The lowest BCUT2D eigenvalue weighted by molar-refractivity contribution is 0.0213. The fourth-order valence-electron chi connectivity index (χ4n) is 0.920. The first-order valence-corrected chi connectivity index (χ1v) is 3.36. The summed E-state index contributed by atoms with van der Waals surface area (Å²) in [6, 6.07) is 0.377. The lowest BCUT2D eigenvalue weighted by atomic mass is 10.3. The van der Waals surface area contributed by atoms with Gasteiger partial charge in [0.1, 0.15) is 6.23 Å². The quantitative estimate of drug-likeness (QED) is 0.573. The summed E-state index contributed by atoms with van der Waals surface area (Å²) in [5, 5.41) is 9.00. The number of hydrogen-bond acceptors (Lipinski definition) is 2. The Morgan fingerprint density at radius 2 is 2.00 bits per heavy atom. The van der Waals surface area contributed by atoms with Crippen molar-refractivity contribution in [2.45, 2.75) is 33.0 Å². The minimum Gasteiger partial charge on any atom is -0.378 e. The average Bonchev–Trinajstić information content (AvgIpc) is 1.64. The summed E-state index contributed by atoms with van der Waals surface area (Å²) >= 11 is 0. The Bertz CT molecular complexity index is 63.3. The van der Waals surface area contributed by atoms with E-state index in [-0.39, 0.29) is 0 Å². The van der Waals surface area contributed by atoms with Crippen LogP contribution in [0.25, 0.3) is 0 Å². The number of aliphatic hydroxyl groups excluding tert-OH is 1. The van der Waals surface area contributed by atoms with Gasteiger partial charge in [0.25, 0.3) is 0 Å². The molecule has 0 heterocycles. The molecule has 0 spiro atoms. The van der Waals surface area contributed by atoms with Gasteiger partial charge in [-0.2, -0.15) is 0 Å². The Balaban J connectivity index is 3.68. The Morgan fingerprint density at radius 1 is 1.56 bits per heavy atom. The van der Waals surface area contributed by atoms with E-state index in [4.69, 9.17) is 5.11 Å². The maximum absolute atomic E-state index is 9.00. The van der Waals surface area contributed by atoms with Crippen LogP contribution in [0.5, 0.6) is 0 Å². The summed E-state index contributed by atoms with van der Waals surface area (Å²) in [5.74, 6) is 0. The fourth-order valence-corrected chi connectivity index (χ4v) is 0.920. The number of hydrogen-bond donors (Lipinski definition) is 1. The molecule has 0 saturated heterocycles. The maximum atomic E-state index is 9.00. The Labute approximate surface area is 57.5 Å². The zero-order chi connectivity index (χ0) is 7.44. The van der Waals surface area contributed by atoms with Gasteiger partial charge in [-0.15, -0.1) is 0 Å². The molecule has 0 bridgehead atoms. The van der Waals surface area contributed by atoms with Crippen molar-refractivity contribution < 1.29 is 5.11 Å². The molecule has 0 aliphatic carbocycles. The van der Waals surface area contributed by atoms with Gasteiger partial charge in [0, 0.05) is 6.04 Å². The molecule has 0 rings (SSSR count). The maximum Gasteiger partial charge on any atom is 0.107 e. The van der Waals surface area contributed by atoms with E-state index in [0.29, 0.717) is 6.04 Å². The number of aliphatic hydroxyl groups is 1. The van der Waals surface area contributed by atoms with Gasteiger partial charge in [-0.1, -0.05) is 6.92 Å². The summed E-state index contributed by atoms with van der Waals surface area (Å²) in [6.07, 6.45) is -0.560. The van der Waals surface area contributed by atoms with Crippen LogP contribution in [0.2, 0.25) is 0 Å². The molecule has 2 nitrogen and oxygen atoms in total. The van der Waals surface area contributed by atoms with Crippen LogP contribution in [-0.2, 0) is 0 Å². The molecule has 1 N–H and O–H groups in total. The van der Waals surface area contributed by atoms with Crippen LogP contribution in [0, 0.1) is 6.92 Å². The van der Waals surface area contributed by atoms with Gasteiger partial charge in [0.2, 0.25) is 0 Å². The standard InChI is InChI=1S/C7H16NO/c1-5-8(6(2)3)7(4)9/h6-7,9H,4-5H2,1-3H3. The number of nitrogens with zero attached hydrogens (tertiary/aromatic N) is 1. The van der Waals surface area contributed by atoms with Gasteiger partial charge in [-0.05, 0) is 27.3 Å². The predicted octanol–water partition coefficient (Wildman–Crippen LogP) is 0.869. The molecule has 55 valence electrons. The van der Waals surface area contributed by atoms with Gasteiger partial charge >= 0.3 is 0 Å². The molecule has 0 amide bonds. The van der Waals surface area contributed by atoms with Crippen molar-refractivity contribution in [1.29, 1.82) is 0 Å². The van der Waals surface area contributed by atoms with E-state index in [0.717, 1.165) is 6.54 Å². The molecule has 1 atom stereocenters. The minimum absolute atomic E-state index is 0.377. The van der Waals surface area contributed by atoms with E-state index in [1.807, 2.05) is 25.7 Å². The van der Waals surface area contributed by atoms with Crippen molar-refractivity contribution in [3.05, 3.63) is 6.92 Å². The SMILES string of the molecule is [CH2]C(O)N(CC)C(C)C. The molecule has 0 saturated carbocycles. The van der Waals surface area contributed by atoms with E-state index in [1.54, 1.807) is 0 Å². The van der Waals surface area contributed by atoms with E-state index in [1.165, 1.54) is 0 Å². The van der Waals surface area contributed by atoms with Crippen LogP contribution in [0.3, 0.4) is 0 Å². The highest BCUT2D eigenvalue weighted by Gasteiger charge is 2.10. The highest BCUT2D eigenvalue weighted by molar-refractivity contribution is 4.65. The first-order chi connectivity index (χ1) is 4.09. The third kappa shape index (κ3) is 2.82. The first kappa shape index (κ1) is 8.92. The van der Waals surface area contributed by atoms with Crippen molar-refractivity contribution in [1.82, 2.24) is 4.90 Å². The molecule has 0 fully saturated rings. The van der Waals surface area contributed by atoms with Crippen molar-refractivity contribution in [2.24, 2.45) is 0 Å². The van der Waals surface area contributed by atoms with Crippen molar-refractivity contribution in [3.8, 4) is 0 Å². The third-order valence-electron chi connectivity index (χ3n) is 1.41. The van der Waals surface area contributed by atoms with Crippen LogP contribution >= 0.6 is 0 Å². The highest BCUT2D eigenvalue weighted by atomic mass is 16.3. The summed E-state index contributed by atoms with van der Waals surface area (Å²) < 4.78 is 0. The lowest BCUT2D eigenvalue weighted by Gasteiger charge is -2.27. The fraction of sp³-hybridized carbons (Fsp3) is 0.857. The average molecular weight is 130 g/mol. The molecular weight excluding hydrogens is 114 g/mol. The van der Waals surface area contributed by atoms with Crippen LogP contribution in [-0.4, -0.2) is 28.8 Å². The zero-order valence-electron chi connectivity index (χ0n) is 6.46. The second-order valence-electron chi connectivity index (χ2n) is 2.40. The highest BCUT2D eigenvalue weighted by Crippen LogP contribution is 2.00. The van der Waals surface area contributed by atoms with Gasteiger partial charge in [-0.25, -0.2) is 0 Å². The summed E-state index contributed by atoms with van der Waals surface area (Å²) in [5.41, 5.74) is 0. The van der Waals surface area contributed by atoms with E-state index < -0.39 is 6.23 Å². The summed E-state index contributed by atoms with van der Waals surface area (Å²) in [7, 11) is 0. The van der Waals surface area contributed by atoms with E-state index >= 15 is 0 Å². The number of rotatable bonds is 3. The van der Waals surface area contributed by atoms with Crippen molar-refractivity contribution in [2.75, 3.05) is 6.54 Å². The molecule has 0 aromatic heterocycles. The van der Waals surface area contributed by atoms with Gasteiger partial charge in [0.05, 0.1) is 0 Å². The predicted molar refractivity (Wildman–Crippen MR) is 38.9 cm³/mol. The smallest absolute Gasteiger partial charge is 0.107 e. The molecule has 0 aliphatic heterocycles. The lowest BCUT2D eigenvalue weighted by Crippen LogP contribution is -2.38. The molecule has 1 radical (unpaired) electrons. The monoisotopic (exact) mass is 130 g/mol. The minimum atomic E-state index is -0.560. The Kier molecular flexibility index (Phi) is 3.82. The molecular formula is C7H16NO. The molecule has 0 aliphatic rings. The molecule has 2 heteroatoms. The van der Waals surface area contributed by atoms with Crippen LogP contribution in [0.4, 0.5) is 0 Å². The molecule has 0 aromatic carbocycles. The first-order valence-electron chi connectivity index (χ1n) is 3.36. The third-order valence-corrected chi connectivity index (χ3v) is 1.41. The summed E-state index contributed by atoms with van der Waals surface area (Å²) in [6.45, 7) is 10.4. The van der Waals surface area contributed by atoms with Crippen LogP contribution in [0.15, 0.2) is 0 Å². The normalized spacial score (nSPS) is 15.0. The molecule has 0 aromatic rings. The van der Waals surface area contributed by atoms with Crippen LogP contribution < -0.4 is 0 Å². The summed E-state index contributed by atoms with van der Waals surface area (Å²) in [4.78, 5) is 1.90. The second kappa shape index (κ2) is 3.85.